The van der Waals surface area contributed by atoms with Crippen LogP contribution in [0.4, 0.5) is 0 Å². The summed E-state index contributed by atoms with van der Waals surface area (Å²) in [6.45, 7) is 5.20. The second kappa shape index (κ2) is 7.18. The molecule has 0 saturated carbocycles. The van der Waals surface area contributed by atoms with Gasteiger partial charge in [0.25, 0.3) is 0 Å². The highest BCUT2D eigenvalue weighted by Gasteiger charge is 2.18. The number of ether oxygens (including phenoxy) is 1. The van der Waals surface area contributed by atoms with Gasteiger partial charge in [-0.15, -0.1) is 0 Å². The maximum atomic E-state index is 12.3. The van der Waals surface area contributed by atoms with E-state index in [1.54, 1.807) is 13.1 Å². The van der Waals surface area contributed by atoms with Gasteiger partial charge in [-0.3, -0.25) is 9.59 Å². The van der Waals surface area contributed by atoms with Crippen molar-refractivity contribution in [2.24, 2.45) is 0 Å². The fourth-order valence-corrected chi connectivity index (χ4v) is 3.37. The number of Topliss-reactive ketones (excluding diaryl/α,β-unsaturated/α-hetero) is 1. The summed E-state index contributed by atoms with van der Waals surface area (Å²) in [7, 11) is 0. The molecule has 1 unspecified atom stereocenters. The summed E-state index contributed by atoms with van der Waals surface area (Å²) in [5.41, 5.74) is 2.80. The Morgan fingerprint density at radius 3 is 2.88 bits per heavy atom. The quantitative estimate of drug-likeness (QED) is 0.830. The number of hydrogen-bond donors (Lipinski definition) is 1. The molecule has 5 nitrogen and oxygen atoms in total. The second-order valence-electron chi connectivity index (χ2n) is 6.33. The number of aromatic nitrogens is 1. The number of para-hydroxylation sites is 1. The van der Waals surface area contributed by atoms with E-state index >= 15 is 0 Å². The van der Waals surface area contributed by atoms with Gasteiger partial charge < -0.3 is 14.6 Å². The molecular weight excluding hydrogens is 304 g/mol. The Morgan fingerprint density at radius 1 is 1.38 bits per heavy atom. The molecule has 5 heteroatoms. The van der Waals surface area contributed by atoms with Gasteiger partial charge >= 0.3 is 0 Å². The van der Waals surface area contributed by atoms with Crippen molar-refractivity contribution in [3.63, 3.8) is 0 Å². The number of carbonyl (C=O) groups is 2. The van der Waals surface area contributed by atoms with E-state index in [0.717, 1.165) is 42.3 Å². The molecule has 1 aliphatic heterocycles. The number of fused-ring (bicyclic) bond motifs is 1. The number of nitrogens with zero attached hydrogens (tertiary/aromatic N) is 1. The summed E-state index contributed by atoms with van der Waals surface area (Å²) in [6.07, 6.45) is 4.86. The van der Waals surface area contributed by atoms with Crippen LogP contribution in [0.25, 0.3) is 10.9 Å². The van der Waals surface area contributed by atoms with Crippen molar-refractivity contribution < 1.29 is 14.3 Å². The first-order valence-corrected chi connectivity index (χ1v) is 8.60. The number of carbonyl (C=O) groups excluding carboxylic acids is 2. The first kappa shape index (κ1) is 16.7. The minimum Gasteiger partial charge on any atom is -0.376 e. The lowest BCUT2D eigenvalue weighted by molar-refractivity contribution is -0.122. The molecule has 0 radical (unpaired) electrons. The Hall–Kier alpha value is -2.14. The monoisotopic (exact) mass is 328 g/mol. The van der Waals surface area contributed by atoms with Gasteiger partial charge in [0, 0.05) is 30.3 Å². The van der Waals surface area contributed by atoms with Gasteiger partial charge in [0.15, 0.2) is 5.78 Å². The van der Waals surface area contributed by atoms with Crippen LogP contribution in [0.15, 0.2) is 24.4 Å². The van der Waals surface area contributed by atoms with Crippen molar-refractivity contribution in [3.8, 4) is 0 Å². The lowest BCUT2D eigenvalue weighted by Crippen LogP contribution is -2.34. The Bertz CT molecular complexity index is 757. The highest BCUT2D eigenvalue weighted by Crippen LogP contribution is 2.25. The number of benzene rings is 1. The number of amides is 1. The van der Waals surface area contributed by atoms with Crippen molar-refractivity contribution in [1.29, 1.82) is 0 Å². The zero-order valence-electron chi connectivity index (χ0n) is 14.3. The molecule has 24 heavy (non-hydrogen) atoms. The Balaban J connectivity index is 1.82. The molecule has 0 bridgehead atoms. The van der Waals surface area contributed by atoms with Gasteiger partial charge in [-0.2, -0.15) is 0 Å². The number of aryl methyl sites for hydroxylation is 1. The van der Waals surface area contributed by atoms with E-state index in [1.165, 1.54) is 0 Å². The van der Waals surface area contributed by atoms with E-state index in [4.69, 9.17) is 4.74 Å². The zero-order chi connectivity index (χ0) is 17.1. The van der Waals surface area contributed by atoms with Crippen LogP contribution in [-0.4, -0.2) is 35.5 Å². The van der Waals surface area contributed by atoms with Gasteiger partial charge in [-0.05, 0) is 31.7 Å². The molecule has 2 heterocycles. The van der Waals surface area contributed by atoms with Gasteiger partial charge in [0.1, 0.15) is 6.54 Å². The summed E-state index contributed by atoms with van der Waals surface area (Å²) < 4.78 is 7.43. The minimum absolute atomic E-state index is 0.0202. The van der Waals surface area contributed by atoms with Crippen molar-refractivity contribution in [2.45, 2.75) is 45.8 Å². The van der Waals surface area contributed by atoms with Crippen LogP contribution in [0.3, 0.4) is 0 Å². The second-order valence-corrected chi connectivity index (χ2v) is 6.33. The van der Waals surface area contributed by atoms with Crippen LogP contribution in [0.1, 0.15) is 42.6 Å². The topological polar surface area (TPSA) is 60.3 Å². The molecule has 1 N–H and O–H groups in total. The van der Waals surface area contributed by atoms with Crippen LogP contribution in [-0.2, 0) is 22.5 Å². The standard InChI is InChI=1S/C19H24N2O3/c1-3-14-6-4-8-16-17(13(2)22)11-21(19(14)16)12-18(23)20-10-15-7-5-9-24-15/h4,6,8,11,15H,3,5,7,9-10,12H2,1-2H3,(H,20,23). The summed E-state index contributed by atoms with van der Waals surface area (Å²) in [6, 6.07) is 5.97. The Labute approximate surface area is 142 Å². The normalized spacial score (nSPS) is 17.3. The van der Waals surface area contributed by atoms with Crippen LogP contribution >= 0.6 is 0 Å². The third-order valence-electron chi connectivity index (χ3n) is 4.61. The first-order chi connectivity index (χ1) is 11.6. The third-order valence-corrected chi connectivity index (χ3v) is 4.61. The molecule has 1 saturated heterocycles. The van der Waals surface area contributed by atoms with Crippen LogP contribution < -0.4 is 5.32 Å². The van der Waals surface area contributed by atoms with Crippen LogP contribution in [0, 0.1) is 0 Å². The van der Waals surface area contributed by atoms with E-state index < -0.39 is 0 Å². The predicted molar refractivity (Wildman–Crippen MR) is 93.3 cm³/mol. The highest BCUT2D eigenvalue weighted by molar-refractivity contribution is 6.07. The SMILES string of the molecule is CCc1cccc2c(C(C)=O)cn(CC(=O)NCC3CCCO3)c12. The van der Waals surface area contributed by atoms with Crippen molar-refractivity contribution in [3.05, 3.63) is 35.5 Å². The zero-order valence-corrected chi connectivity index (χ0v) is 14.3. The Morgan fingerprint density at radius 2 is 2.21 bits per heavy atom. The van der Waals surface area contributed by atoms with Crippen molar-refractivity contribution in [1.82, 2.24) is 9.88 Å². The molecule has 2 aromatic rings. The Kier molecular flexibility index (Phi) is 5.00. The van der Waals surface area contributed by atoms with E-state index in [-0.39, 0.29) is 24.3 Å². The van der Waals surface area contributed by atoms with E-state index in [1.807, 2.05) is 22.8 Å². The summed E-state index contributed by atoms with van der Waals surface area (Å²) in [5, 5.41) is 3.87. The number of rotatable bonds is 6. The molecule has 1 fully saturated rings. The van der Waals surface area contributed by atoms with Crippen LogP contribution in [0.5, 0.6) is 0 Å². The van der Waals surface area contributed by atoms with Crippen molar-refractivity contribution in [2.75, 3.05) is 13.2 Å². The minimum atomic E-state index is -0.0524. The molecule has 0 aliphatic carbocycles. The van der Waals surface area contributed by atoms with Crippen LogP contribution in [0.2, 0.25) is 0 Å². The third kappa shape index (κ3) is 3.36. The molecule has 1 aliphatic rings. The average molecular weight is 328 g/mol. The fourth-order valence-electron chi connectivity index (χ4n) is 3.37. The summed E-state index contributed by atoms with van der Waals surface area (Å²) in [4.78, 5) is 24.2. The first-order valence-electron chi connectivity index (χ1n) is 8.60. The molecule has 1 aromatic heterocycles. The average Bonchev–Trinajstić information content (AvgIpc) is 3.21. The van der Waals surface area contributed by atoms with E-state index in [2.05, 4.69) is 12.2 Å². The molecule has 128 valence electrons. The van der Waals surface area contributed by atoms with Gasteiger partial charge in [-0.1, -0.05) is 25.1 Å². The summed E-state index contributed by atoms with van der Waals surface area (Å²) in [5.74, 6) is -0.0322. The smallest absolute Gasteiger partial charge is 0.240 e. The van der Waals surface area contributed by atoms with Gasteiger partial charge in [0.05, 0.1) is 11.6 Å². The number of nitrogens with one attached hydrogen (secondary N) is 1. The lowest BCUT2D eigenvalue weighted by atomic mass is 10.1. The maximum absolute atomic E-state index is 12.3. The van der Waals surface area contributed by atoms with Crippen molar-refractivity contribution >= 4 is 22.6 Å². The maximum Gasteiger partial charge on any atom is 0.240 e. The summed E-state index contributed by atoms with van der Waals surface area (Å²) >= 11 is 0. The van der Waals surface area contributed by atoms with E-state index in [9.17, 15) is 9.59 Å². The fraction of sp³-hybridized carbons (Fsp3) is 0.474. The molecule has 1 amide bonds. The molecular formula is C19H24N2O3. The van der Waals surface area contributed by atoms with E-state index in [0.29, 0.717) is 12.1 Å². The molecule has 0 spiro atoms. The molecule has 1 aromatic carbocycles. The van der Waals surface area contributed by atoms with Gasteiger partial charge in [-0.25, -0.2) is 0 Å². The number of hydrogen-bond acceptors (Lipinski definition) is 3. The lowest BCUT2D eigenvalue weighted by Gasteiger charge is -2.12. The highest BCUT2D eigenvalue weighted by atomic mass is 16.5. The number of ketones is 1. The van der Waals surface area contributed by atoms with Gasteiger partial charge in [0.2, 0.25) is 5.91 Å². The largest absolute Gasteiger partial charge is 0.376 e. The molecule has 1 atom stereocenters. The molecule has 3 rings (SSSR count). The predicted octanol–water partition coefficient (Wildman–Crippen LogP) is 2.70.